The van der Waals surface area contributed by atoms with Gasteiger partial charge in [-0.05, 0) is 37.1 Å². The van der Waals surface area contributed by atoms with Gasteiger partial charge in [-0.2, -0.15) is 0 Å². The van der Waals surface area contributed by atoms with Gasteiger partial charge >= 0.3 is 0 Å². The zero-order valence-corrected chi connectivity index (χ0v) is 11.0. The summed E-state index contributed by atoms with van der Waals surface area (Å²) >= 11 is 0. The van der Waals surface area contributed by atoms with Crippen LogP contribution in [0.3, 0.4) is 0 Å². The van der Waals surface area contributed by atoms with Crippen LogP contribution in [0.2, 0.25) is 0 Å². The van der Waals surface area contributed by atoms with Crippen molar-refractivity contribution in [2.24, 2.45) is 0 Å². The summed E-state index contributed by atoms with van der Waals surface area (Å²) < 4.78 is 25.9. The predicted molar refractivity (Wildman–Crippen MR) is 68.5 cm³/mol. The molecule has 1 heterocycles. The third-order valence-electron chi connectivity index (χ3n) is 3.39. The van der Waals surface area contributed by atoms with Gasteiger partial charge in [-0.15, -0.1) is 0 Å². The number of nitrogens with zero attached hydrogens (tertiary/aromatic N) is 1. The van der Waals surface area contributed by atoms with E-state index >= 15 is 0 Å². The average molecular weight is 268 g/mol. The largest absolute Gasteiger partial charge is 0.340 e. The van der Waals surface area contributed by atoms with Crippen LogP contribution >= 0.6 is 0 Å². The second-order valence-corrected chi connectivity index (χ2v) is 4.95. The molecule has 0 radical (unpaired) electrons. The predicted octanol–water partition coefficient (Wildman–Crippen LogP) is 2.07. The molecule has 1 atom stereocenters. The highest BCUT2D eigenvalue weighted by Crippen LogP contribution is 2.13. The lowest BCUT2D eigenvalue weighted by molar-refractivity contribution is -0.133. The summed E-state index contributed by atoms with van der Waals surface area (Å²) in [6.07, 6.45) is 2.97. The number of benzene rings is 1. The minimum absolute atomic E-state index is 0.00410. The van der Waals surface area contributed by atoms with Gasteiger partial charge in [0.05, 0.1) is 6.04 Å². The minimum Gasteiger partial charge on any atom is -0.340 e. The van der Waals surface area contributed by atoms with Crippen LogP contribution in [0.15, 0.2) is 18.2 Å². The maximum Gasteiger partial charge on any atom is 0.239 e. The van der Waals surface area contributed by atoms with Crippen molar-refractivity contribution in [2.45, 2.75) is 31.8 Å². The molecule has 1 amide bonds. The molecular formula is C14H18F2N2O. The van der Waals surface area contributed by atoms with Crippen LogP contribution in [0.4, 0.5) is 8.78 Å². The SMILES string of the molecule is CN(Cc1ccc(F)c(F)c1)C(=O)C1CCCCN1. The number of piperidine rings is 1. The molecule has 104 valence electrons. The molecule has 1 saturated heterocycles. The maximum absolute atomic E-state index is 13.1. The first-order valence-electron chi connectivity index (χ1n) is 6.50. The molecule has 1 N–H and O–H groups in total. The summed E-state index contributed by atoms with van der Waals surface area (Å²) in [6, 6.07) is 3.57. The number of likely N-dealkylation sites (N-methyl/N-ethyl adjacent to an activating group) is 1. The summed E-state index contributed by atoms with van der Waals surface area (Å²) in [4.78, 5) is 13.7. The number of carbonyl (C=O) groups excluding carboxylic acids is 1. The Balaban J connectivity index is 1.97. The molecule has 1 aliphatic heterocycles. The number of halogens is 2. The van der Waals surface area contributed by atoms with E-state index in [1.165, 1.54) is 6.07 Å². The fourth-order valence-corrected chi connectivity index (χ4v) is 2.32. The van der Waals surface area contributed by atoms with Gasteiger partial charge in [0, 0.05) is 13.6 Å². The van der Waals surface area contributed by atoms with E-state index in [0.717, 1.165) is 37.9 Å². The van der Waals surface area contributed by atoms with Crippen molar-refractivity contribution < 1.29 is 13.6 Å². The molecule has 1 unspecified atom stereocenters. The molecule has 0 aromatic heterocycles. The fourth-order valence-electron chi connectivity index (χ4n) is 2.32. The van der Waals surface area contributed by atoms with Gasteiger partial charge in [0.1, 0.15) is 0 Å². The van der Waals surface area contributed by atoms with Crippen molar-refractivity contribution in [1.29, 1.82) is 0 Å². The van der Waals surface area contributed by atoms with E-state index in [1.54, 1.807) is 11.9 Å². The van der Waals surface area contributed by atoms with Crippen LogP contribution in [0.1, 0.15) is 24.8 Å². The minimum atomic E-state index is -0.880. The summed E-state index contributed by atoms with van der Waals surface area (Å²) in [5, 5.41) is 3.18. The second-order valence-electron chi connectivity index (χ2n) is 4.95. The van der Waals surface area contributed by atoms with Gasteiger partial charge in [0.25, 0.3) is 0 Å². The van der Waals surface area contributed by atoms with Gasteiger partial charge < -0.3 is 10.2 Å². The summed E-state index contributed by atoms with van der Waals surface area (Å²) in [6.45, 7) is 1.14. The smallest absolute Gasteiger partial charge is 0.239 e. The molecule has 3 nitrogen and oxygen atoms in total. The monoisotopic (exact) mass is 268 g/mol. The molecule has 5 heteroatoms. The van der Waals surface area contributed by atoms with E-state index in [0.29, 0.717) is 5.56 Å². The van der Waals surface area contributed by atoms with Gasteiger partial charge in [-0.1, -0.05) is 12.5 Å². The summed E-state index contributed by atoms with van der Waals surface area (Å²) in [5.74, 6) is -1.75. The molecule has 1 aromatic rings. The lowest BCUT2D eigenvalue weighted by Crippen LogP contribution is -2.47. The third kappa shape index (κ3) is 3.50. The number of rotatable bonds is 3. The van der Waals surface area contributed by atoms with Gasteiger partial charge in [-0.25, -0.2) is 8.78 Å². The van der Waals surface area contributed by atoms with E-state index < -0.39 is 11.6 Å². The Labute approximate surface area is 111 Å². The van der Waals surface area contributed by atoms with Crippen molar-refractivity contribution in [1.82, 2.24) is 10.2 Å². The number of nitrogens with one attached hydrogen (secondary N) is 1. The Kier molecular flexibility index (Phi) is 4.47. The highest BCUT2D eigenvalue weighted by Gasteiger charge is 2.23. The first kappa shape index (κ1) is 13.9. The number of hydrogen-bond donors (Lipinski definition) is 1. The zero-order valence-electron chi connectivity index (χ0n) is 11.0. The highest BCUT2D eigenvalue weighted by molar-refractivity contribution is 5.81. The Hall–Kier alpha value is -1.49. The van der Waals surface area contributed by atoms with Crippen molar-refractivity contribution in [3.05, 3.63) is 35.4 Å². The maximum atomic E-state index is 13.1. The highest BCUT2D eigenvalue weighted by atomic mass is 19.2. The van der Waals surface area contributed by atoms with Crippen molar-refractivity contribution >= 4 is 5.91 Å². The van der Waals surface area contributed by atoms with Crippen LogP contribution in [0.25, 0.3) is 0 Å². The van der Waals surface area contributed by atoms with E-state index in [1.807, 2.05) is 0 Å². The van der Waals surface area contributed by atoms with Crippen LogP contribution in [-0.2, 0) is 11.3 Å². The quantitative estimate of drug-likeness (QED) is 0.910. The first-order valence-corrected chi connectivity index (χ1v) is 6.50. The molecule has 0 bridgehead atoms. The molecular weight excluding hydrogens is 250 g/mol. The van der Waals surface area contributed by atoms with Crippen molar-refractivity contribution in [2.75, 3.05) is 13.6 Å². The molecule has 19 heavy (non-hydrogen) atoms. The van der Waals surface area contributed by atoms with Crippen LogP contribution in [-0.4, -0.2) is 30.4 Å². The summed E-state index contributed by atoms with van der Waals surface area (Å²) in [7, 11) is 1.68. The number of carbonyl (C=O) groups is 1. The van der Waals surface area contributed by atoms with E-state index in [4.69, 9.17) is 0 Å². The molecule has 2 rings (SSSR count). The van der Waals surface area contributed by atoms with Crippen molar-refractivity contribution in [3.8, 4) is 0 Å². The molecule has 0 saturated carbocycles. The zero-order chi connectivity index (χ0) is 13.8. The standard InChI is InChI=1S/C14H18F2N2O/c1-18(14(19)13-4-2-3-7-17-13)9-10-5-6-11(15)12(16)8-10/h5-6,8,13,17H,2-4,7,9H2,1H3. The number of hydrogen-bond acceptors (Lipinski definition) is 2. The lowest BCUT2D eigenvalue weighted by Gasteiger charge is -2.27. The number of amides is 1. The Morgan fingerprint density at radius 1 is 1.37 bits per heavy atom. The van der Waals surface area contributed by atoms with Crippen molar-refractivity contribution in [3.63, 3.8) is 0 Å². The van der Waals surface area contributed by atoms with E-state index in [2.05, 4.69) is 5.32 Å². The molecule has 1 aromatic carbocycles. The Morgan fingerprint density at radius 2 is 2.16 bits per heavy atom. The third-order valence-corrected chi connectivity index (χ3v) is 3.39. The van der Waals surface area contributed by atoms with Gasteiger partial charge in [0.2, 0.25) is 5.91 Å². The molecule has 1 aliphatic rings. The van der Waals surface area contributed by atoms with Gasteiger partial charge in [-0.3, -0.25) is 4.79 Å². The van der Waals surface area contributed by atoms with Gasteiger partial charge in [0.15, 0.2) is 11.6 Å². The van der Waals surface area contributed by atoms with Crippen LogP contribution in [0.5, 0.6) is 0 Å². The Bertz CT molecular complexity index is 459. The average Bonchev–Trinajstić information content (AvgIpc) is 2.43. The summed E-state index contributed by atoms with van der Waals surface area (Å²) in [5.41, 5.74) is 0.588. The topological polar surface area (TPSA) is 32.3 Å². The van der Waals surface area contributed by atoms with Crippen LogP contribution in [0, 0.1) is 11.6 Å². The Morgan fingerprint density at radius 3 is 2.79 bits per heavy atom. The van der Waals surface area contributed by atoms with E-state index in [-0.39, 0.29) is 18.5 Å². The molecule has 0 aliphatic carbocycles. The first-order chi connectivity index (χ1) is 9.08. The lowest BCUT2D eigenvalue weighted by atomic mass is 10.0. The second kappa shape index (κ2) is 6.10. The molecule has 1 fully saturated rings. The fraction of sp³-hybridized carbons (Fsp3) is 0.500. The van der Waals surface area contributed by atoms with E-state index in [9.17, 15) is 13.6 Å². The van der Waals surface area contributed by atoms with Crippen LogP contribution < -0.4 is 5.32 Å². The molecule has 0 spiro atoms. The normalized spacial score (nSPS) is 19.2.